The van der Waals surface area contributed by atoms with Gasteiger partial charge in [-0.15, -0.1) is 34.0 Å². The molecule has 0 aliphatic rings. The Hall–Kier alpha value is -1.43. The Morgan fingerprint density at radius 2 is 1.40 bits per heavy atom. The number of unbranched alkanes of at least 4 members (excludes halogenated alkanes) is 5. The van der Waals surface area contributed by atoms with Gasteiger partial charge in [0.25, 0.3) is 0 Å². The van der Waals surface area contributed by atoms with Crippen molar-refractivity contribution in [2.75, 3.05) is 6.61 Å². The number of thiophene rings is 3. The highest BCUT2D eigenvalue weighted by atomic mass is 32.1. The SMILES string of the molecule is CCCCCCCCc1ccc(-c2ccc(-c3ccc(C(=O)OCC(C)C)s3)s2)s1. The van der Waals surface area contributed by atoms with E-state index in [0.29, 0.717) is 17.4 Å². The van der Waals surface area contributed by atoms with Crippen molar-refractivity contribution < 1.29 is 9.53 Å². The molecular formula is C25H32O2S3. The Bertz CT molecular complexity index is 916. The highest BCUT2D eigenvalue weighted by Crippen LogP contribution is 2.40. The van der Waals surface area contributed by atoms with Crippen LogP contribution in [0, 0.1) is 5.92 Å². The lowest BCUT2D eigenvalue weighted by Crippen LogP contribution is -2.08. The first-order valence-electron chi connectivity index (χ1n) is 11.0. The lowest BCUT2D eigenvalue weighted by atomic mass is 10.1. The molecule has 0 aromatic carbocycles. The zero-order valence-electron chi connectivity index (χ0n) is 18.2. The maximum atomic E-state index is 12.2. The van der Waals surface area contributed by atoms with E-state index in [1.54, 1.807) is 11.3 Å². The predicted octanol–water partition coefficient (Wildman–Crippen LogP) is 8.92. The summed E-state index contributed by atoms with van der Waals surface area (Å²) in [5.41, 5.74) is 0. The van der Waals surface area contributed by atoms with E-state index in [9.17, 15) is 4.79 Å². The van der Waals surface area contributed by atoms with Crippen LogP contribution in [0.5, 0.6) is 0 Å². The number of carbonyl (C=O) groups is 1. The molecule has 0 spiro atoms. The van der Waals surface area contributed by atoms with Gasteiger partial charge in [-0.1, -0.05) is 52.9 Å². The molecule has 0 aliphatic heterocycles. The van der Waals surface area contributed by atoms with Gasteiger partial charge in [0.05, 0.1) is 6.61 Å². The summed E-state index contributed by atoms with van der Waals surface area (Å²) in [4.78, 5) is 19.3. The summed E-state index contributed by atoms with van der Waals surface area (Å²) in [6.07, 6.45) is 9.27. The summed E-state index contributed by atoms with van der Waals surface area (Å²) in [6.45, 7) is 6.82. The molecule has 0 bridgehead atoms. The molecule has 162 valence electrons. The fourth-order valence-electron chi connectivity index (χ4n) is 3.22. The third kappa shape index (κ3) is 6.79. The Morgan fingerprint density at radius 3 is 2.13 bits per heavy atom. The quantitative estimate of drug-likeness (QED) is 0.199. The third-order valence-electron chi connectivity index (χ3n) is 4.89. The van der Waals surface area contributed by atoms with E-state index in [4.69, 9.17) is 4.74 Å². The minimum absolute atomic E-state index is 0.214. The molecule has 3 rings (SSSR count). The van der Waals surface area contributed by atoms with Crippen LogP contribution in [0.25, 0.3) is 19.5 Å². The van der Waals surface area contributed by atoms with Gasteiger partial charge < -0.3 is 4.74 Å². The molecule has 0 fully saturated rings. The van der Waals surface area contributed by atoms with Gasteiger partial charge in [0, 0.05) is 24.4 Å². The Balaban J connectivity index is 1.55. The Kier molecular flexibility index (Phi) is 9.16. The molecule has 3 heterocycles. The summed E-state index contributed by atoms with van der Waals surface area (Å²) < 4.78 is 5.35. The minimum atomic E-state index is -0.214. The van der Waals surface area contributed by atoms with Crippen LogP contribution in [0.15, 0.2) is 36.4 Å². The highest BCUT2D eigenvalue weighted by molar-refractivity contribution is 7.26. The van der Waals surface area contributed by atoms with Gasteiger partial charge in [-0.2, -0.15) is 0 Å². The molecule has 2 nitrogen and oxygen atoms in total. The van der Waals surface area contributed by atoms with Crippen molar-refractivity contribution in [1.29, 1.82) is 0 Å². The summed E-state index contributed by atoms with van der Waals surface area (Å²) in [6, 6.07) is 12.8. The van der Waals surface area contributed by atoms with Crippen LogP contribution < -0.4 is 0 Å². The molecule has 5 heteroatoms. The standard InChI is InChI=1S/C25H32O2S3/c1-4-5-6-7-8-9-10-19-11-12-20(28-19)21-13-14-22(29-21)23-15-16-24(30-23)25(26)27-17-18(2)3/h11-16,18H,4-10,17H2,1-3H3. The second-order valence-electron chi connectivity index (χ2n) is 8.10. The van der Waals surface area contributed by atoms with Crippen LogP contribution >= 0.6 is 34.0 Å². The zero-order valence-corrected chi connectivity index (χ0v) is 20.7. The molecule has 0 amide bonds. The Labute approximate surface area is 192 Å². The van der Waals surface area contributed by atoms with Crippen molar-refractivity contribution >= 4 is 40.0 Å². The monoisotopic (exact) mass is 460 g/mol. The molecule has 0 unspecified atom stereocenters. The molecule has 0 saturated heterocycles. The molecule has 0 atom stereocenters. The van der Waals surface area contributed by atoms with Crippen LogP contribution in [0.3, 0.4) is 0 Å². The smallest absolute Gasteiger partial charge is 0.348 e. The largest absolute Gasteiger partial charge is 0.461 e. The first-order valence-corrected chi connectivity index (χ1v) is 13.5. The third-order valence-corrected chi connectivity index (χ3v) is 8.57. The van der Waals surface area contributed by atoms with Crippen molar-refractivity contribution in [2.45, 2.75) is 65.7 Å². The second kappa shape index (κ2) is 11.8. The normalized spacial score (nSPS) is 11.3. The average molecular weight is 461 g/mol. The number of hydrogen-bond donors (Lipinski definition) is 0. The number of rotatable bonds is 12. The number of carbonyl (C=O) groups excluding carboxylic acids is 1. The second-order valence-corrected chi connectivity index (χ2v) is 11.4. The number of hydrogen-bond acceptors (Lipinski definition) is 5. The van der Waals surface area contributed by atoms with Crippen LogP contribution in [-0.2, 0) is 11.2 Å². The summed E-state index contributed by atoms with van der Waals surface area (Å²) in [7, 11) is 0. The zero-order chi connectivity index (χ0) is 21.3. The first kappa shape index (κ1) is 23.2. The van der Waals surface area contributed by atoms with Crippen molar-refractivity contribution in [2.24, 2.45) is 5.92 Å². The highest BCUT2D eigenvalue weighted by Gasteiger charge is 2.14. The topological polar surface area (TPSA) is 26.3 Å². The van der Waals surface area contributed by atoms with E-state index < -0.39 is 0 Å². The van der Waals surface area contributed by atoms with E-state index in [2.05, 4.69) is 31.2 Å². The van der Waals surface area contributed by atoms with E-state index in [1.165, 1.54) is 75.8 Å². The van der Waals surface area contributed by atoms with Gasteiger partial charge in [-0.3, -0.25) is 0 Å². The molecular weight excluding hydrogens is 428 g/mol. The lowest BCUT2D eigenvalue weighted by Gasteiger charge is -2.04. The van der Waals surface area contributed by atoms with Gasteiger partial charge in [-0.25, -0.2) is 4.79 Å². The van der Waals surface area contributed by atoms with Crippen molar-refractivity contribution in [1.82, 2.24) is 0 Å². The fraction of sp³-hybridized carbons (Fsp3) is 0.480. The maximum absolute atomic E-state index is 12.2. The van der Waals surface area contributed by atoms with Crippen LogP contribution in [0.1, 0.15) is 73.8 Å². The van der Waals surface area contributed by atoms with E-state index >= 15 is 0 Å². The molecule has 3 aromatic rings. The summed E-state index contributed by atoms with van der Waals surface area (Å²) in [5, 5.41) is 0. The molecule has 0 aliphatic carbocycles. The summed E-state index contributed by atoms with van der Waals surface area (Å²) >= 11 is 5.24. The first-order chi connectivity index (χ1) is 14.6. The van der Waals surface area contributed by atoms with Gasteiger partial charge >= 0.3 is 5.97 Å². The number of aryl methyl sites for hydroxylation is 1. The van der Waals surface area contributed by atoms with Crippen LogP contribution in [0.2, 0.25) is 0 Å². The van der Waals surface area contributed by atoms with Crippen LogP contribution in [-0.4, -0.2) is 12.6 Å². The summed E-state index contributed by atoms with van der Waals surface area (Å²) in [5.74, 6) is 0.138. The maximum Gasteiger partial charge on any atom is 0.348 e. The van der Waals surface area contributed by atoms with Crippen molar-refractivity contribution in [3.63, 3.8) is 0 Å². The fourth-order valence-corrected chi connectivity index (χ4v) is 6.36. The van der Waals surface area contributed by atoms with Gasteiger partial charge in [0.2, 0.25) is 0 Å². The van der Waals surface area contributed by atoms with Crippen molar-refractivity contribution in [3.05, 3.63) is 46.2 Å². The average Bonchev–Trinajstić information content (AvgIpc) is 3.48. The van der Waals surface area contributed by atoms with E-state index in [-0.39, 0.29) is 5.97 Å². The lowest BCUT2D eigenvalue weighted by molar-refractivity contribution is 0.0464. The van der Waals surface area contributed by atoms with Crippen LogP contribution in [0.4, 0.5) is 0 Å². The van der Waals surface area contributed by atoms with E-state index in [0.717, 1.165) is 4.88 Å². The van der Waals surface area contributed by atoms with Gasteiger partial charge in [0.1, 0.15) is 4.88 Å². The molecule has 0 N–H and O–H groups in total. The van der Waals surface area contributed by atoms with Gasteiger partial charge in [0.15, 0.2) is 0 Å². The number of esters is 1. The Morgan fingerprint density at radius 1 is 0.800 bits per heavy atom. The molecule has 3 aromatic heterocycles. The molecule has 0 radical (unpaired) electrons. The van der Waals surface area contributed by atoms with Gasteiger partial charge in [-0.05, 0) is 55.2 Å². The van der Waals surface area contributed by atoms with E-state index in [1.807, 2.05) is 37.3 Å². The molecule has 30 heavy (non-hydrogen) atoms. The number of ether oxygens (including phenoxy) is 1. The molecule has 0 saturated carbocycles. The minimum Gasteiger partial charge on any atom is -0.461 e. The predicted molar refractivity (Wildman–Crippen MR) is 133 cm³/mol. The van der Waals surface area contributed by atoms with Crippen molar-refractivity contribution in [3.8, 4) is 19.5 Å².